The molecule has 0 atom stereocenters. The van der Waals surface area contributed by atoms with Crippen LogP contribution < -0.4 is 16.0 Å². The number of urea groups is 1. The molecule has 0 radical (unpaired) electrons. The second-order valence-electron chi connectivity index (χ2n) is 9.59. The van der Waals surface area contributed by atoms with Gasteiger partial charge in [0, 0.05) is 52.4 Å². The zero-order valence-corrected chi connectivity index (χ0v) is 21.9. The molecule has 2 aromatic carbocycles. The first kappa shape index (κ1) is 28.0. The van der Waals surface area contributed by atoms with Crippen molar-refractivity contribution in [2.75, 3.05) is 16.0 Å². The van der Waals surface area contributed by atoms with Crippen LogP contribution in [0.25, 0.3) is 11.6 Å². The number of hydrogen-bond acceptors (Lipinski definition) is 4. The smallest absolute Gasteiger partial charge is 0.417 e. The summed E-state index contributed by atoms with van der Waals surface area (Å²) in [5.74, 6) is -1.54. The van der Waals surface area contributed by atoms with E-state index in [1.165, 1.54) is 18.2 Å². The molecule has 0 saturated carbocycles. The third-order valence-corrected chi connectivity index (χ3v) is 7.12. The van der Waals surface area contributed by atoms with Crippen LogP contribution >= 0.6 is 11.6 Å². The second kappa shape index (κ2) is 10.8. The Morgan fingerprint density at radius 2 is 1.76 bits per heavy atom. The zero-order valence-electron chi connectivity index (χ0n) is 21.2. The number of ketones is 1. The molecular formula is C28H22ClF3N4O5. The first-order valence-corrected chi connectivity index (χ1v) is 12.9. The Kier molecular flexibility index (Phi) is 7.35. The van der Waals surface area contributed by atoms with E-state index in [4.69, 9.17) is 11.6 Å². The van der Waals surface area contributed by atoms with Crippen molar-refractivity contribution < 1.29 is 37.5 Å². The number of carboxylic acid groups (broad SMARTS) is 1. The molecule has 0 unspecified atom stereocenters. The van der Waals surface area contributed by atoms with Gasteiger partial charge in [-0.05, 0) is 67.3 Å². The minimum atomic E-state index is -4.70. The number of aromatic amines is 1. The van der Waals surface area contributed by atoms with Crippen molar-refractivity contribution in [1.29, 1.82) is 0 Å². The maximum atomic E-state index is 13.2. The number of alkyl halides is 3. The Morgan fingerprint density at radius 1 is 1.05 bits per heavy atom. The second-order valence-corrected chi connectivity index (χ2v) is 9.99. The molecule has 41 heavy (non-hydrogen) atoms. The largest absolute Gasteiger partial charge is 0.481 e. The van der Waals surface area contributed by atoms with Crippen molar-refractivity contribution in [2.45, 2.75) is 38.3 Å². The fraction of sp³-hybridized carbons (Fsp3) is 0.214. The Labute approximate surface area is 235 Å². The van der Waals surface area contributed by atoms with Crippen LogP contribution in [0.3, 0.4) is 0 Å². The molecule has 0 fully saturated rings. The van der Waals surface area contributed by atoms with Crippen molar-refractivity contribution in [1.82, 2.24) is 4.98 Å². The lowest BCUT2D eigenvalue weighted by molar-refractivity contribution is -0.138. The lowest BCUT2D eigenvalue weighted by Gasteiger charge is -2.13. The average molecular weight is 587 g/mol. The summed E-state index contributed by atoms with van der Waals surface area (Å²) in [5.41, 5.74) is 2.32. The van der Waals surface area contributed by atoms with E-state index in [0.29, 0.717) is 53.0 Å². The van der Waals surface area contributed by atoms with Crippen LogP contribution in [0.4, 0.5) is 35.0 Å². The molecular weight excluding hydrogens is 565 g/mol. The molecule has 9 nitrogen and oxygen atoms in total. The highest BCUT2D eigenvalue weighted by Crippen LogP contribution is 2.38. The Bertz CT molecular complexity index is 1640. The standard InChI is InChI=1S/C28H22ClF3N4O5/c29-19-7-4-14(11-18(19)28(30,31)32)34-27(41)33-13-5-8-20-16(10-13)17(26(40)36-20)12-22-15(6-9-24(38)39)25-21(35-22)2-1-3-23(25)37/h4-5,7-8,10-12,35H,1-3,6,9H2,(H,36,40)(H,38,39)(H2,33,34,41). The molecule has 0 bridgehead atoms. The normalized spacial score (nSPS) is 15.4. The molecule has 3 amide bonds. The van der Waals surface area contributed by atoms with E-state index < -0.39 is 34.7 Å². The molecule has 2 aliphatic rings. The number of anilines is 3. The van der Waals surface area contributed by atoms with Crippen LogP contribution in [0.1, 0.15) is 57.7 Å². The van der Waals surface area contributed by atoms with Gasteiger partial charge in [0.2, 0.25) is 0 Å². The number of benzene rings is 2. The Balaban J connectivity index is 1.42. The van der Waals surface area contributed by atoms with Gasteiger partial charge in [0.1, 0.15) is 0 Å². The van der Waals surface area contributed by atoms with Gasteiger partial charge in [0.15, 0.2) is 5.78 Å². The highest BCUT2D eigenvalue weighted by atomic mass is 35.5. The molecule has 212 valence electrons. The lowest BCUT2D eigenvalue weighted by Crippen LogP contribution is -2.20. The van der Waals surface area contributed by atoms with Crippen molar-refractivity contribution in [3.63, 3.8) is 0 Å². The number of carbonyl (C=O) groups is 4. The van der Waals surface area contributed by atoms with Gasteiger partial charge in [0.25, 0.3) is 5.91 Å². The number of nitrogens with one attached hydrogen (secondary N) is 4. The molecule has 3 aromatic rings. The molecule has 0 spiro atoms. The molecule has 1 aliphatic heterocycles. The summed E-state index contributed by atoms with van der Waals surface area (Å²) in [4.78, 5) is 52.5. The molecule has 1 aliphatic carbocycles. The van der Waals surface area contributed by atoms with Crippen LogP contribution in [0.15, 0.2) is 36.4 Å². The fourth-order valence-corrected chi connectivity index (χ4v) is 5.20. The van der Waals surface area contributed by atoms with E-state index in [0.717, 1.165) is 12.1 Å². The molecule has 5 rings (SSSR count). The first-order valence-electron chi connectivity index (χ1n) is 12.5. The number of rotatable bonds is 6. The van der Waals surface area contributed by atoms with Gasteiger partial charge < -0.3 is 26.0 Å². The number of aromatic nitrogens is 1. The summed E-state index contributed by atoms with van der Waals surface area (Å²) < 4.78 is 39.5. The van der Waals surface area contributed by atoms with Crippen molar-refractivity contribution in [2.24, 2.45) is 0 Å². The topological polar surface area (TPSA) is 140 Å². The minimum absolute atomic E-state index is 0.0793. The lowest BCUT2D eigenvalue weighted by atomic mass is 9.91. The number of Topliss-reactive ketones (excluding diaryl/α,β-unsaturated/α-hetero) is 1. The van der Waals surface area contributed by atoms with E-state index in [2.05, 4.69) is 20.9 Å². The summed E-state index contributed by atoms with van der Waals surface area (Å²) in [6.45, 7) is 0. The number of amides is 3. The monoisotopic (exact) mass is 586 g/mol. The van der Waals surface area contributed by atoms with Crippen LogP contribution in [0, 0.1) is 0 Å². The number of halogens is 4. The highest BCUT2D eigenvalue weighted by Gasteiger charge is 2.33. The summed E-state index contributed by atoms with van der Waals surface area (Å²) in [7, 11) is 0. The highest BCUT2D eigenvalue weighted by molar-refractivity contribution is 6.35. The van der Waals surface area contributed by atoms with Gasteiger partial charge in [-0.2, -0.15) is 13.2 Å². The van der Waals surface area contributed by atoms with Crippen molar-refractivity contribution >= 4 is 64.0 Å². The SMILES string of the molecule is O=C(O)CCc1c(C=C2C(=O)Nc3ccc(NC(=O)Nc4ccc(Cl)c(C(F)(F)F)c4)cc32)[nH]c2c1C(=O)CCC2. The van der Waals surface area contributed by atoms with Crippen LogP contribution in [-0.4, -0.2) is 33.8 Å². The maximum Gasteiger partial charge on any atom is 0.417 e. The van der Waals surface area contributed by atoms with E-state index >= 15 is 0 Å². The van der Waals surface area contributed by atoms with Crippen LogP contribution in [0.5, 0.6) is 0 Å². The van der Waals surface area contributed by atoms with Gasteiger partial charge in [-0.25, -0.2) is 4.79 Å². The predicted octanol–water partition coefficient (Wildman–Crippen LogP) is 6.36. The molecule has 13 heteroatoms. The average Bonchev–Trinajstić information content (AvgIpc) is 3.40. The molecule has 1 aromatic heterocycles. The predicted molar refractivity (Wildman–Crippen MR) is 146 cm³/mol. The quantitative estimate of drug-likeness (QED) is 0.214. The number of carboxylic acids is 1. The molecule has 0 saturated heterocycles. The zero-order chi connectivity index (χ0) is 29.5. The van der Waals surface area contributed by atoms with Crippen molar-refractivity contribution in [3.8, 4) is 0 Å². The number of hydrogen-bond donors (Lipinski definition) is 5. The number of H-pyrrole nitrogens is 1. The number of fused-ring (bicyclic) bond motifs is 2. The third-order valence-electron chi connectivity index (χ3n) is 6.79. The summed E-state index contributed by atoms with van der Waals surface area (Å²) in [5, 5.41) is 16.3. The van der Waals surface area contributed by atoms with Gasteiger partial charge >= 0.3 is 18.2 Å². The summed E-state index contributed by atoms with van der Waals surface area (Å²) in [6, 6.07) is 6.74. The third kappa shape index (κ3) is 5.82. The summed E-state index contributed by atoms with van der Waals surface area (Å²) in [6.07, 6.45) is -1.61. The van der Waals surface area contributed by atoms with E-state index in [1.807, 2.05) is 0 Å². The van der Waals surface area contributed by atoms with E-state index in [-0.39, 0.29) is 35.6 Å². The Morgan fingerprint density at radius 3 is 2.46 bits per heavy atom. The Hall–Kier alpha value is -4.58. The molecule has 2 heterocycles. The molecule has 5 N–H and O–H groups in total. The maximum absolute atomic E-state index is 13.2. The van der Waals surface area contributed by atoms with Crippen LogP contribution in [0.2, 0.25) is 5.02 Å². The van der Waals surface area contributed by atoms with Gasteiger partial charge in [0.05, 0.1) is 16.2 Å². The fourth-order valence-electron chi connectivity index (χ4n) is 4.97. The van der Waals surface area contributed by atoms with Crippen LogP contribution in [-0.2, 0) is 28.6 Å². The number of aryl methyl sites for hydroxylation is 1. The van der Waals surface area contributed by atoms with Gasteiger partial charge in [-0.15, -0.1) is 0 Å². The van der Waals surface area contributed by atoms with Gasteiger partial charge in [-0.1, -0.05) is 11.6 Å². The first-order chi connectivity index (χ1) is 19.4. The number of aliphatic carboxylic acids is 1. The van der Waals surface area contributed by atoms with E-state index in [9.17, 15) is 37.5 Å². The summed E-state index contributed by atoms with van der Waals surface area (Å²) >= 11 is 5.63. The minimum Gasteiger partial charge on any atom is -0.481 e. The number of carbonyl (C=O) groups excluding carboxylic acids is 3. The van der Waals surface area contributed by atoms with E-state index in [1.54, 1.807) is 12.1 Å². The van der Waals surface area contributed by atoms with Gasteiger partial charge in [-0.3, -0.25) is 14.4 Å². The van der Waals surface area contributed by atoms with Crippen molar-refractivity contribution in [3.05, 3.63) is 75.1 Å².